The van der Waals surface area contributed by atoms with Crippen LogP contribution >= 0.6 is 0 Å². The van der Waals surface area contributed by atoms with E-state index in [0.717, 1.165) is 31.5 Å². The molecule has 6 nitrogen and oxygen atoms in total. The van der Waals surface area contributed by atoms with Gasteiger partial charge in [-0.15, -0.1) is 0 Å². The fourth-order valence-corrected chi connectivity index (χ4v) is 2.98. The number of ether oxygens (including phenoxy) is 1. The second kappa shape index (κ2) is 5.28. The van der Waals surface area contributed by atoms with Crippen molar-refractivity contribution >= 4 is 5.97 Å². The molecule has 2 aliphatic heterocycles. The van der Waals surface area contributed by atoms with Crippen LogP contribution in [0.15, 0.2) is 4.52 Å². The second-order valence-electron chi connectivity index (χ2n) is 5.36. The molecule has 3 rings (SSSR count). The van der Waals surface area contributed by atoms with E-state index >= 15 is 0 Å². The Balaban J connectivity index is 1.51. The van der Waals surface area contributed by atoms with Gasteiger partial charge in [-0.25, -0.2) is 0 Å². The molecule has 3 heterocycles. The average molecular weight is 266 g/mol. The van der Waals surface area contributed by atoms with E-state index in [9.17, 15) is 4.79 Å². The van der Waals surface area contributed by atoms with Gasteiger partial charge in [0.25, 0.3) is 0 Å². The van der Waals surface area contributed by atoms with Gasteiger partial charge in [-0.05, 0) is 32.1 Å². The van der Waals surface area contributed by atoms with Gasteiger partial charge >= 0.3 is 5.97 Å². The molecule has 0 aromatic carbocycles. The van der Waals surface area contributed by atoms with Gasteiger partial charge in [-0.3, -0.25) is 4.79 Å². The molecule has 3 atom stereocenters. The van der Waals surface area contributed by atoms with Gasteiger partial charge in [0, 0.05) is 12.8 Å². The van der Waals surface area contributed by atoms with Crippen molar-refractivity contribution in [2.75, 3.05) is 0 Å². The summed E-state index contributed by atoms with van der Waals surface area (Å²) >= 11 is 0. The van der Waals surface area contributed by atoms with Crippen molar-refractivity contribution in [2.24, 2.45) is 0 Å². The number of hydrogen-bond acceptors (Lipinski definition) is 5. The van der Waals surface area contributed by atoms with Crippen LogP contribution in [0.4, 0.5) is 0 Å². The van der Waals surface area contributed by atoms with Crippen LogP contribution in [0.1, 0.15) is 56.2 Å². The van der Waals surface area contributed by atoms with Crippen LogP contribution in [0.3, 0.4) is 0 Å². The lowest BCUT2D eigenvalue weighted by Crippen LogP contribution is -2.15. The van der Waals surface area contributed by atoms with E-state index in [1.165, 1.54) is 0 Å². The summed E-state index contributed by atoms with van der Waals surface area (Å²) in [4.78, 5) is 14.8. The number of fused-ring (bicyclic) bond motifs is 2. The molecule has 2 bridgehead atoms. The molecular formula is C13H18N2O4. The second-order valence-corrected chi connectivity index (χ2v) is 5.36. The van der Waals surface area contributed by atoms with Crippen LogP contribution in [-0.4, -0.2) is 33.4 Å². The largest absolute Gasteiger partial charge is 0.481 e. The standard InChI is InChI=1S/C13H18N2O4/c16-12(17)4-2-1-3-11-14-13(15-19-11)9-7-8-5-6-10(9)18-8/h8-10H,1-7H2,(H,16,17). The third kappa shape index (κ3) is 2.78. The number of aliphatic carboxylic acids is 1. The Morgan fingerprint density at radius 2 is 2.26 bits per heavy atom. The minimum Gasteiger partial charge on any atom is -0.481 e. The molecule has 104 valence electrons. The third-order valence-electron chi connectivity index (χ3n) is 3.95. The normalized spacial score (nSPS) is 28.9. The van der Waals surface area contributed by atoms with Gasteiger partial charge < -0.3 is 14.4 Å². The zero-order chi connectivity index (χ0) is 13.2. The lowest BCUT2D eigenvalue weighted by atomic mass is 9.89. The predicted octanol–water partition coefficient (Wildman–Crippen LogP) is 1.90. The first-order valence-electron chi connectivity index (χ1n) is 6.92. The average Bonchev–Trinajstić information content (AvgIpc) is 3.09. The summed E-state index contributed by atoms with van der Waals surface area (Å²) in [5.41, 5.74) is 0. The van der Waals surface area contributed by atoms with E-state index < -0.39 is 5.97 Å². The summed E-state index contributed by atoms with van der Waals surface area (Å²) in [6.07, 6.45) is 6.16. The number of hydrogen-bond donors (Lipinski definition) is 1. The Bertz CT molecular complexity index is 459. The molecule has 1 aromatic rings. The zero-order valence-electron chi connectivity index (χ0n) is 10.7. The number of aryl methyl sites for hydroxylation is 1. The fourth-order valence-electron chi connectivity index (χ4n) is 2.98. The monoisotopic (exact) mass is 266 g/mol. The van der Waals surface area contributed by atoms with Crippen molar-refractivity contribution in [3.8, 4) is 0 Å². The van der Waals surface area contributed by atoms with Crippen LogP contribution in [0.5, 0.6) is 0 Å². The Morgan fingerprint density at radius 1 is 1.37 bits per heavy atom. The summed E-state index contributed by atoms with van der Waals surface area (Å²) in [6.45, 7) is 0. The van der Waals surface area contributed by atoms with E-state index in [-0.39, 0.29) is 18.4 Å². The van der Waals surface area contributed by atoms with E-state index in [4.69, 9.17) is 14.4 Å². The molecule has 0 radical (unpaired) electrons. The van der Waals surface area contributed by atoms with Gasteiger partial charge in [-0.1, -0.05) is 5.16 Å². The molecule has 0 spiro atoms. The third-order valence-corrected chi connectivity index (χ3v) is 3.95. The highest BCUT2D eigenvalue weighted by molar-refractivity contribution is 5.66. The summed E-state index contributed by atoms with van der Waals surface area (Å²) in [5, 5.41) is 12.6. The Morgan fingerprint density at radius 3 is 2.95 bits per heavy atom. The van der Waals surface area contributed by atoms with Crippen molar-refractivity contribution in [3.63, 3.8) is 0 Å². The predicted molar refractivity (Wildman–Crippen MR) is 64.7 cm³/mol. The quantitative estimate of drug-likeness (QED) is 0.791. The SMILES string of the molecule is O=C(O)CCCCc1nc(C2CC3CCC2O3)no1. The van der Waals surface area contributed by atoms with Crippen LogP contribution in [0.25, 0.3) is 0 Å². The highest BCUT2D eigenvalue weighted by Crippen LogP contribution is 2.43. The lowest BCUT2D eigenvalue weighted by molar-refractivity contribution is -0.137. The van der Waals surface area contributed by atoms with E-state index in [1.807, 2.05) is 0 Å². The molecule has 2 saturated heterocycles. The molecule has 1 aromatic heterocycles. The van der Waals surface area contributed by atoms with Crippen molar-refractivity contribution in [3.05, 3.63) is 11.7 Å². The van der Waals surface area contributed by atoms with Crippen LogP contribution < -0.4 is 0 Å². The van der Waals surface area contributed by atoms with E-state index in [2.05, 4.69) is 10.1 Å². The summed E-state index contributed by atoms with van der Waals surface area (Å²) in [5.74, 6) is 0.907. The van der Waals surface area contributed by atoms with Crippen LogP contribution in [0.2, 0.25) is 0 Å². The number of nitrogens with zero attached hydrogens (tertiary/aromatic N) is 2. The van der Waals surface area contributed by atoms with Crippen molar-refractivity contribution in [2.45, 2.75) is 63.1 Å². The molecule has 0 aliphatic carbocycles. The smallest absolute Gasteiger partial charge is 0.303 e. The summed E-state index contributed by atoms with van der Waals surface area (Å²) < 4.78 is 11.0. The molecule has 0 saturated carbocycles. The highest BCUT2D eigenvalue weighted by Gasteiger charge is 2.43. The Hall–Kier alpha value is -1.43. The highest BCUT2D eigenvalue weighted by atomic mass is 16.5. The summed E-state index contributed by atoms with van der Waals surface area (Å²) in [6, 6.07) is 0. The minimum absolute atomic E-state index is 0.196. The number of carboxylic acid groups (broad SMARTS) is 1. The first-order valence-corrected chi connectivity index (χ1v) is 6.92. The number of unbranched alkanes of at least 4 members (excludes halogenated alkanes) is 1. The molecule has 0 amide bonds. The number of rotatable bonds is 6. The molecule has 2 fully saturated rings. The first kappa shape index (κ1) is 12.6. The van der Waals surface area contributed by atoms with Crippen molar-refractivity contribution < 1.29 is 19.2 Å². The van der Waals surface area contributed by atoms with Crippen molar-refractivity contribution in [1.29, 1.82) is 0 Å². The maximum atomic E-state index is 10.4. The molecule has 2 aliphatic rings. The number of aromatic nitrogens is 2. The molecule has 19 heavy (non-hydrogen) atoms. The molecule has 1 N–H and O–H groups in total. The number of carbonyl (C=O) groups is 1. The topological polar surface area (TPSA) is 85.5 Å². The Kier molecular flexibility index (Phi) is 3.50. The zero-order valence-corrected chi connectivity index (χ0v) is 10.7. The van der Waals surface area contributed by atoms with Gasteiger partial charge in [0.2, 0.25) is 5.89 Å². The van der Waals surface area contributed by atoms with Gasteiger partial charge in [0.05, 0.1) is 18.1 Å². The van der Waals surface area contributed by atoms with Crippen molar-refractivity contribution in [1.82, 2.24) is 10.1 Å². The first-order chi connectivity index (χ1) is 9.22. The number of carboxylic acids is 1. The van der Waals surface area contributed by atoms with Crippen LogP contribution in [-0.2, 0) is 16.0 Å². The molecule has 3 unspecified atom stereocenters. The minimum atomic E-state index is -0.759. The van der Waals surface area contributed by atoms with Gasteiger partial charge in [-0.2, -0.15) is 4.98 Å². The molecular weight excluding hydrogens is 248 g/mol. The maximum Gasteiger partial charge on any atom is 0.303 e. The van der Waals surface area contributed by atoms with E-state index in [1.54, 1.807) is 0 Å². The van der Waals surface area contributed by atoms with Gasteiger partial charge in [0.1, 0.15) is 0 Å². The van der Waals surface area contributed by atoms with Crippen LogP contribution in [0, 0.1) is 0 Å². The lowest BCUT2D eigenvalue weighted by Gasteiger charge is -2.13. The van der Waals surface area contributed by atoms with Gasteiger partial charge in [0.15, 0.2) is 5.82 Å². The fraction of sp³-hybridized carbons (Fsp3) is 0.769. The summed E-state index contributed by atoms with van der Waals surface area (Å²) in [7, 11) is 0. The molecule has 6 heteroatoms. The Labute approximate surface area is 111 Å². The van der Waals surface area contributed by atoms with E-state index in [0.29, 0.717) is 24.8 Å². The maximum absolute atomic E-state index is 10.4.